The SMILES string of the molecule is Cc1ccccc1-c1ccc2cc3c4c(cc(-c5ccccc5C)cc4c2c1)-c1cc2c(-c4ccccc4C)c4ccccc4c(-c4ccccc4C)c2cc1-3. The van der Waals surface area contributed by atoms with Crippen LogP contribution >= 0.6 is 0 Å². The molecule has 0 saturated carbocycles. The highest BCUT2D eigenvalue weighted by atomic mass is 14.3. The summed E-state index contributed by atoms with van der Waals surface area (Å²) in [6.07, 6.45) is 0. The molecule has 1 aliphatic rings. The van der Waals surface area contributed by atoms with Crippen LogP contribution in [0, 0.1) is 27.7 Å². The molecule has 0 amide bonds. The van der Waals surface area contributed by atoms with E-state index in [2.05, 4.69) is 198 Å². The molecule has 0 aromatic heterocycles. The van der Waals surface area contributed by atoms with Gasteiger partial charge in [0.2, 0.25) is 0 Å². The zero-order valence-corrected chi connectivity index (χ0v) is 32.2. The molecule has 1 aliphatic carbocycles. The van der Waals surface area contributed by atoms with Crippen molar-refractivity contribution in [3.8, 4) is 66.8 Å². The van der Waals surface area contributed by atoms with Crippen molar-refractivity contribution in [2.45, 2.75) is 27.7 Å². The van der Waals surface area contributed by atoms with Gasteiger partial charge in [0.25, 0.3) is 0 Å². The Morgan fingerprint density at radius 3 is 1.20 bits per heavy atom. The quantitative estimate of drug-likeness (QED) is 0.126. The highest BCUT2D eigenvalue weighted by molar-refractivity contribution is 6.29. The maximum absolute atomic E-state index is 2.54. The first-order valence-electron chi connectivity index (χ1n) is 19.8. The second-order valence-electron chi connectivity index (χ2n) is 15.8. The zero-order valence-electron chi connectivity index (χ0n) is 32.2. The number of aryl methyl sites for hydroxylation is 4. The fraction of sp³-hybridized carbons (Fsp3) is 0.0714. The first-order valence-corrected chi connectivity index (χ1v) is 19.8. The van der Waals surface area contributed by atoms with Crippen molar-refractivity contribution in [2.75, 3.05) is 0 Å². The van der Waals surface area contributed by atoms with Crippen molar-refractivity contribution in [3.63, 3.8) is 0 Å². The van der Waals surface area contributed by atoms with E-state index in [0.717, 1.165) is 0 Å². The molecule has 10 aromatic carbocycles. The molecule has 0 aliphatic heterocycles. The van der Waals surface area contributed by atoms with Crippen molar-refractivity contribution in [1.29, 1.82) is 0 Å². The van der Waals surface area contributed by atoms with Crippen molar-refractivity contribution < 1.29 is 0 Å². The molecule has 0 heterocycles. The lowest BCUT2D eigenvalue weighted by Crippen LogP contribution is -1.94. The van der Waals surface area contributed by atoms with Crippen molar-refractivity contribution in [1.82, 2.24) is 0 Å². The van der Waals surface area contributed by atoms with Crippen LogP contribution in [0.15, 0.2) is 170 Å². The summed E-state index contributed by atoms with van der Waals surface area (Å²) in [6, 6.07) is 64.0. The monoisotopic (exact) mass is 712 g/mol. The van der Waals surface area contributed by atoms with Crippen molar-refractivity contribution >= 4 is 43.1 Å². The van der Waals surface area contributed by atoms with E-state index in [1.807, 2.05) is 0 Å². The van der Waals surface area contributed by atoms with E-state index in [1.165, 1.54) is 132 Å². The van der Waals surface area contributed by atoms with Gasteiger partial charge < -0.3 is 0 Å². The van der Waals surface area contributed by atoms with Crippen LogP contribution in [-0.4, -0.2) is 0 Å². The molecule has 11 rings (SSSR count). The van der Waals surface area contributed by atoms with Gasteiger partial charge in [0, 0.05) is 0 Å². The van der Waals surface area contributed by atoms with Crippen LogP contribution in [-0.2, 0) is 0 Å². The molecule has 0 radical (unpaired) electrons. The maximum atomic E-state index is 2.54. The minimum atomic E-state index is 1.26. The molecule has 0 nitrogen and oxygen atoms in total. The van der Waals surface area contributed by atoms with Crippen molar-refractivity contribution in [3.05, 3.63) is 192 Å². The fourth-order valence-electron chi connectivity index (χ4n) is 9.78. The van der Waals surface area contributed by atoms with Crippen molar-refractivity contribution in [2.24, 2.45) is 0 Å². The topological polar surface area (TPSA) is 0 Å². The Labute approximate surface area is 328 Å². The number of rotatable bonds is 4. The Balaban J connectivity index is 1.31. The Kier molecular flexibility index (Phi) is 7.22. The van der Waals surface area contributed by atoms with E-state index in [0.29, 0.717) is 0 Å². The van der Waals surface area contributed by atoms with Crippen LogP contribution in [0.4, 0.5) is 0 Å². The molecule has 0 fully saturated rings. The average molecular weight is 713 g/mol. The normalized spacial score (nSPS) is 11.9. The van der Waals surface area contributed by atoms with Gasteiger partial charge in [0.15, 0.2) is 0 Å². The third-order valence-corrected chi connectivity index (χ3v) is 12.5. The Bertz CT molecular complexity index is 3280. The third kappa shape index (κ3) is 4.79. The lowest BCUT2D eigenvalue weighted by atomic mass is 9.82. The van der Waals surface area contributed by atoms with E-state index < -0.39 is 0 Å². The molecule has 0 heteroatoms. The summed E-state index contributed by atoms with van der Waals surface area (Å²) in [5.41, 5.74) is 20.7. The molecule has 0 atom stereocenters. The van der Waals surface area contributed by atoms with E-state index in [4.69, 9.17) is 0 Å². The van der Waals surface area contributed by atoms with Gasteiger partial charge in [-0.05, 0) is 196 Å². The number of benzene rings is 10. The van der Waals surface area contributed by atoms with E-state index in [-0.39, 0.29) is 0 Å². The summed E-state index contributed by atoms with van der Waals surface area (Å²) < 4.78 is 0. The molecule has 0 spiro atoms. The van der Waals surface area contributed by atoms with Crippen LogP contribution in [0.2, 0.25) is 0 Å². The lowest BCUT2D eigenvalue weighted by molar-refractivity contribution is 1.46. The number of hydrogen-bond acceptors (Lipinski definition) is 0. The summed E-state index contributed by atoms with van der Waals surface area (Å²) in [5.74, 6) is 0. The summed E-state index contributed by atoms with van der Waals surface area (Å²) >= 11 is 0. The van der Waals surface area contributed by atoms with Crippen LogP contribution in [0.25, 0.3) is 110 Å². The minimum absolute atomic E-state index is 1.26. The Hall–Kier alpha value is -6.76. The first kappa shape index (κ1) is 32.7. The predicted octanol–water partition coefficient (Wildman–Crippen LogP) is 15.8. The lowest BCUT2D eigenvalue weighted by Gasteiger charge is -2.21. The zero-order chi connectivity index (χ0) is 37.7. The third-order valence-electron chi connectivity index (χ3n) is 12.5. The number of hydrogen-bond donors (Lipinski definition) is 0. The van der Waals surface area contributed by atoms with Crippen LogP contribution in [0.3, 0.4) is 0 Å². The maximum Gasteiger partial charge on any atom is -0.00195 e. The largest absolute Gasteiger partial charge is 0.0620 e. The van der Waals surface area contributed by atoms with Gasteiger partial charge in [-0.15, -0.1) is 0 Å². The molecular formula is C56H40. The van der Waals surface area contributed by atoms with E-state index >= 15 is 0 Å². The van der Waals surface area contributed by atoms with Crippen LogP contribution in [0.1, 0.15) is 22.3 Å². The second kappa shape index (κ2) is 12.4. The standard InChI is InChI=1S/C56H40/c1-33-15-5-9-19-40(33)37-25-26-38-28-50-47-31-52-53(32-48(47)51-30-39(41-20-10-6-16-34(41)2)29-49(56(50)51)46(38)27-37)55(43-22-12-8-18-36(43)4)45-24-14-13-23-44(45)54(52)42-21-11-7-17-35(42)3/h5-32H,1-4H3. The first-order chi connectivity index (χ1) is 27.4. The second-order valence-corrected chi connectivity index (χ2v) is 15.8. The molecule has 0 unspecified atom stereocenters. The summed E-state index contributed by atoms with van der Waals surface area (Å²) in [7, 11) is 0. The summed E-state index contributed by atoms with van der Waals surface area (Å²) in [4.78, 5) is 0. The molecule has 56 heavy (non-hydrogen) atoms. The average Bonchev–Trinajstić information content (AvgIpc) is 3.52. The van der Waals surface area contributed by atoms with E-state index in [1.54, 1.807) is 0 Å². The number of fused-ring (bicyclic) bond motifs is 7. The molecule has 264 valence electrons. The van der Waals surface area contributed by atoms with Gasteiger partial charge in [0.05, 0.1) is 0 Å². The van der Waals surface area contributed by atoms with E-state index in [9.17, 15) is 0 Å². The summed E-state index contributed by atoms with van der Waals surface area (Å²) in [5, 5.41) is 10.4. The molecule has 10 aromatic rings. The minimum Gasteiger partial charge on any atom is -0.0620 e. The van der Waals surface area contributed by atoms with Gasteiger partial charge in [-0.3, -0.25) is 0 Å². The van der Waals surface area contributed by atoms with Gasteiger partial charge in [0.1, 0.15) is 0 Å². The Morgan fingerprint density at radius 1 is 0.250 bits per heavy atom. The van der Waals surface area contributed by atoms with Gasteiger partial charge in [-0.25, -0.2) is 0 Å². The molecule has 0 saturated heterocycles. The Morgan fingerprint density at radius 2 is 0.679 bits per heavy atom. The molecule has 0 bridgehead atoms. The fourth-order valence-corrected chi connectivity index (χ4v) is 9.78. The highest BCUT2D eigenvalue weighted by Gasteiger charge is 2.28. The molecular weight excluding hydrogens is 673 g/mol. The summed E-state index contributed by atoms with van der Waals surface area (Å²) in [6.45, 7) is 8.95. The predicted molar refractivity (Wildman–Crippen MR) is 242 cm³/mol. The highest BCUT2D eigenvalue weighted by Crippen LogP contribution is 2.55. The van der Waals surface area contributed by atoms with Gasteiger partial charge in [-0.1, -0.05) is 133 Å². The van der Waals surface area contributed by atoms with Gasteiger partial charge >= 0.3 is 0 Å². The van der Waals surface area contributed by atoms with Gasteiger partial charge in [-0.2, -0.15) is 0 Å². The van der Waals surface area contributed by atoms with Crippen LogP contribution < -0.4 is 0 Å². The smallest absolute Gasteiger partial charge is 0.00195 e. The molecule has 0 N–H and O–H groups in total. The van der Waals surface area contributed by atoms with Crippen LogP contribution in [0.5, 0.6) is 0 Å².